The van der Waals surface area contributed by atoms with Crippen molar-refractivity contribution in [2.45, 2.75) is 51.6 Å². The second-order valence-electron chi connectivity index (χ2n) is 6.92. The molecule has 1 aromatic heterocycles. The molecule has 1 saturated carbocycles. The molecule has 2 aromatic rings. The first kappa shape index (κ1) is 16.6. The highest BCUT2D eigenvalue weighted by atomic mass is 16.7. The van der Waals surface area contributed by atoms with Gasteiger partial charge < -0.3 is 14.4 Å². The van der Waals surface area contributed by atoms with Gasteiger partial charge in [-0.1, -0.05) is 25.3 Å². The van der Waals surface area contributed by atoms with E-state index in [1.54, 1.807) is 6.20 Å². The third-order valence-electron chi connectivity index (χ3n) is 5.12. The number of nitrogens with zero attached hydrogens (tertiary/aromatic N) is 4. The molecule has 6 nitrogen and oxygen atoms in total. The lowest BCUT2D eigenvalue weighted by molar-refractivity contribution is 0.174. The number of rotatable bonds is 4. The highest BCUT2D eigenvalue weighted by molar-refractivity contribution is 5.50. The van der Waals surface area contributed by atoms with Crippen molar-refractivity contribution in [3.05, 3.63) is 41.3 Å². The van der Waals surface area contributed by atoms with Crippen molar-refractivity contribution in [1.29, 1.82) is 5.26 Å². The Balaban J connectivity index is 1.68. The molecular formula is C20H22N4O2. The standard InChI is InChI=1S/C20H22N4O2/c1-14-11-22-19(10-21)23-20(14)24(16-5-3-2-4-6-16)12-15-7-8-17-18(9-15)26-13-25-17/h7-9,11,16H,2-6,12-13H2,1H3. The maximum Gasteiger partial charge on any atom is 0.234 e. The molecule has 1 aliphatic carbocycles. The van der Waals surface area contributed by atoms with Crippen molar-refractivity contribution in [3.8, 4) is 17.6 Å². The van der Waals surface area contributed by atoms with Crippen LogP contribution in [0.4, 0.5) is 5.82 Å². The van der Waals surface area contributed by atoms with Crippen LogP contribution in [0.2, 0.25) is 0 Å². The summed E-state index contributed by atoms with van der Waals surface area (Å²) in [5.74, 6) is 2.67. The number of ether oxygens (including phenoxy) is 2. The summed E-state index contributed by atoms with van der Waals surface area (Å²) in [5.41, 5.74) is 2.15. The molecule has 0 radical (unpaired) electrons. The van der Waals surface area contributed by atoms with Gasteiger partial charge in [0, 0.05) is 24.3 Å². The van der Waals surface area contributed by atoms with Crippen LogP contribution in [0.25, 0.3) is 0 Å². The zero-order valence-electron chi connectivity index (χ0n) is 14.9. The van der Waals surface area contributed by atoms with E-state index in [0.717, 1.165) is 47.8 Å². The summed E-state index contributed by atoms with van der Waals surface area (Å²) >= 11 is 0. The average Bonchev–Trinajstić information content (AvgIpc) is 3.15. The van der Waals surface area contributed by atoms with E-state index in [0.29, 0.717) is 6.04 Å². The molecule has 0 bridgehead atoms. The summed E-state index contributed by atoms with van der Waals surface area (Å²) in [7, 11) is 0. The monoisotopic (exact) mass is 350 g/mol. The van der Waals surface area contributed by atoms with Crippen molar-refractivity contribution in [1.82, 2.24) is 9.97 Å². The Hall–Kier alpha value is -2.81. The summed E-state index contributed by atoms with van der Waals surface area (Å²) in [5, 5.41) is 9.22. The summed E-state index contributed by atoms with van der Waals surface area (Å²) < 4.78 is 10.9. The van der Waals surface area contributed by atoms with Crippen LogP contribution in [0.5, 0.6) is 11.5 Å². The number of aromatic nitrogens is 2. The molecule has 1 aliphatic heterocycles. The molecule has 1 aromatic carbocycles. The van der Waals surface area contributed by atoms with E-state index in [4.69, 9.17) is 9.47 Å². The van der Waals surface area contributed by atoms with Crippen molar-refractivity contribution < 1.29 is 9.47 Å². The molecule has 0 N–H and O–H groups in total. The second-order valence-corrected chi connectivity index (χ2v) is 6.92. The van der Waals surface area contributed by atoms with Gasteiger partial charge in [-0.15, -0.1) is 0 Å². The summed E-state index contributed by atoms with van der Waals surface area (Å²) in [4.78, 5) is 11.0. The van der Waals surface area contributed by atoms with Gasteiger partial charge in [0.1, 0.15) is 11.9 Å². The van der Waals surface area contributed by atoms with Crippen LogP contribution in [0.3, 0.4) is 0 Å². The van der Waals surface area contributed by atoms with Crippen LogP contribution in [0.1, 0.15) is 49.1 Å². The maximum atomic E-state index is 9.22. The van der Waals surface area contributed by atoms with E-state index in [1.165, 1.54) is 19.3 Å². The molecular weight excluding hydrogens is 328 g/mol. The molecule has 6 heteroatoms. The third kappa shape index (κ3) is 3.30. The SMILES string of the molecule is Cc1cnc(C#N)nc1N(Cc1ccc2c(c1)OCO2)C1CCCCC1. The van der Waals surface area contributed by atoms with Gasteiger partial charge in [0.15, 0.2) is 11.5 Å². The fourth-order valence-electron chi connectivity index (χ4n) is 3.78. The molecule has 1 fully saturated rings. The quantitative estimate of drug-likeness (QED) is 0.837. The smallest absolute Gasteiger partial charge is 0.234 e. The van der Waals surface area contributed by atoms with Gasteiger partial charge in [0.25, 0.3) is 0 Å². The largest absolute Gasteiger partial charge is 0.454 e. The maximum absolute atomic E-state index is 9.22. The lowest BCUT2D eigenvalue weighted by Crippen LogP contribution is -2.37. The van der Waals surface area contributed by atoms with Gasteiger partial charge >= 0.3 is 0 Å². The number of aryl methyl sites for hydroxylation is 1. The van der Waals surface area contributed by atoms with Crippen LogP contribution in [0.15, 0.2) is 24.4 Å². The molecule has 26 heavy (non-hydrogen) atoms. The number of hydrogen-bond acceptors (Lipinski definition) is 6. The van der Waals surface area contributed by atoms with Crippen LogP contribution >= 0.6 is 0 Å². The van der Waals surface area contributed by atoms with Crippen molar-refractivity contribution >= 4 is 5.82 Å². The number of hydrogen-bond donors (Lipinski definition) is 0. The minimum atomic E-state index is 0.220. The lowest BCUT2D eigenvalue weighted by atomic mass is 9.93. The van der Waals surface area contributed by atoms with Gasteiger partial charge in [-0.3, -0.25) is 0 Å². The molecule has 4 rings (SSSR count). The minimum Gasteiger partial charge on any atom is -0.454 e. The van der Waals surface area contributed by atoms with Crippen LogP contribution < -0.4 is 14.4 Å². The second kappa shape index (κ2) is 7.20. The highest BCUT2D eigenvalue weighted by Crippen LogP contribution is 2.35. The van der Waals surface area contributed by atoms with Crippen LogP contribution in [-0.2, 0) is 6.54 Å². The van der Waals surface area contributed by atoms with E-state index >= 15 is 0 Å². The highest BCUT2D eigenvalue weighted by Gasteiger charge is 2.25. The Labute approximate surface area is 153 Å². The predicted octanol–water partition coefficient (Wildman–Crippen LogP) is 3.72. The van der Waals surface area contributed by atoms with Crippen molar-refractivity contribution in [3.63, 3.8) is 0 Å². The zero-order valence-corrected chi connectivity index (χ0v) is 14.9. The predicted molar refractivity (Wildman–Crippen MR) is 97.1 cm³/mol. The zero-order chi connectivity index (χ0) is 17.9. The van der Waals surface area contributed by atoms with E-state index in [1.807, 2.05) is 19.1 Å². The molecule has 2 heterocycles. The first-order chi connectivity index (χ1) is 12.7. The molecule has 0 amide bonds. The van der Waals surface area contributed by atoms with Crippen molar-refractivity contribution in [2.75, 3.05) is 11.7 Å². The third-order valence-corrected chi connectivity index (χ3v) is 5.12. The first-order valence-electron chi connectivity index (χ1n) is 9.13. The van der Waals surface area contributed by atoms with Gasteiger partial charge in [-0.05, 0) is 37.5 Å². The summed E-state index contributed by atoms with van der Waals surface area (Å²) in [6, 6.07) is 8.57. The summed E-state index contributed by atoms with van der Waals surface area (Å²) in [6.45, 7) is 3.01. The fraction of sp³-hybridized carbons (Fsp3) is 0.450. The molecule has 0 atom stereocenters. The van der Waals surface area contributed by atoms with Gasteiger partial charge in [-0.2, -0.15) is 5.26 Å². The van der Waals surface area contributed by atoms with Crippen LogP contribution in [-0.4, -0.2) is 22.8 Å². The van der Waals surface area contributed by atoms with E-state index < -0.39 is 0 Å². The molecule has 0 saturated heterocycles. The molecule has 2 aliphatic rings. The van der Waals surface area contributed by atoms with E-state index in [9.17, 15) is 5.26 Å². The number of benzene rings is 1. The first-order valence-corrected chi connectivity index (χ1v) is 9.13. The van der Waals surface area contributed by atoms with Crippen LogP contribution in [0, 0.1) is 18.3 Å². The van der Waals surface area contributed by atoms with E-state index in [2.05, 4.69) is 27.0 Å². The Morgan fingerprint density at radius 3 is 2.81 bits per heavy atom. The van der Waals surface area contributed by atoms with Gasteiger partial charge in [0.05, 0.1) is 0 Å². The number of fused-ring (bicyclic) bond motifs is 1. The number of anilines is 1. The van der Waals surface area contributed by atoms with Gasteiger partial charge in [-0.25, -0.2) is 9.97 Å². The lowest BCUT2D eigenvalue weighted by Gasteiger charge is -2.36. The average molecular weight is 350 g/mol. The number of nitriles is 1. The topological polar surface area (TPSA) is 71.3 Å². The Morgan fingerprint density at radius 2 is 2.00 bits per heavy atom. The van der Waals surface area contributed by atoms with E-state index in [-0.39, 0.29) is 12.6 Å². The Bertz CT molecular complexity index is 840. The Morgan fingerprint density at radius 1 is 1.19 bits per heavy atom. The Kier molecular flexibility index (Phi) is 4.61. The van der Waals surface area contributed by atoms with Crippen molar-refractivity contribution in [2.24, 2.45) is 0 Å². The normalized spacial score (nSPS) is 16.3. The molecule has 134 valence electrons. The summed E-state index contributed by atoms with van der Waals surface area (Å²) in [6.07, 6.45) is 7.80. The van der Waals surface area contributed by atoms with Gasteiger partial charge in [0.2, 0.25) is 12.6 Å². The fourth-order valence-corrected chi connectivity index (χ4v) is 3.78. The molecule has 0 unspecified atom stereocenters. The minimum absolute atomic E-state index is 0.220. The molecule has 0 spiro atoms.